The van der Waals surface area contributed by atoms with E-state index in [2.05, 4.69) is 10.1 Å². The van der Waals surface area contributed by atoms with Crippen LogP contribution < -0.4 is 14.8 Å². The van der Waals surface area contributed by atoms with Crippen LogP contribution in [0.5, 0.6) is 11.5 Å². The van der Waals surface area contributed by atoms with Crippen LogP contribution in [0.3, 0.4) is 0 Å². The molecule has 0 fully saturated rings. The minimum atomic E-state index is -4.48. The molecule has 0 aromatic heterocycles. The van der Waals surface area contributed by atoms with E-state index in [0.29, 0.717) is 11.3 Å². The van der Waals surface area contributed by atoms with Gasteiger partial charge in [0.15, 0.2) is 19.0 Å². The third-order valence-electron chi connectivity index (χ3n) is 3.16. The highest BCUT2D eigenvalue weighted by atomic mass is 19.4. The molecule has 2 aromatic carbocycles. The van der Waals surface area contributed by atoms with Crippen molar-refractivity contribution in [1.29, 1.82) is 0 Å². The van der Waals surface area contributed by atoms with E-state index in [9.17, 15) is 22.8 Å². The minimum absolute atomic E-state index is 0.0998. The summed E-state index contributed by atoms with van der Waals surface area (Å²) in [4.78, 5) is 23.3. The van der Waals surface area contributed by atoms with Crippen molar-refractivity contribution in [3.8, 4) is 11.5 Å². The molecule has 0 radical (unpaired) electrons. The van der Waals surface area contributed by atoms with Crippen LogP contribution in [0.4, 0.5) is 18.9 Å². The van der Waals surface area contributed by atoms with E-state index in [-0.39, 0.29) is 23.8 Å². The van der Waals surface area contributed by atoms with Crippen LogP contribution in [0.15, 0.2) is 48.5 Å². The number of carbonyl (C=O) groups excluding carboxylic acids is 2. The van der Waals surface area contributed by atoms with Crippen LogP contribution >= 0.6 is 0 Å². The van der Waals surface area contributed by atoms with Gasteiger partial charge in [0.25, 0.3) is 5.91 Å². The van der Waals surface area contributed by atoms with Gasteiger partial charge < -0.3 is 14.8 Å². The maximum absolute atomic E-state index is 12.3. The number of amides is 1. The number of para-hydroxylation sites is 2. The molecule has 0 bridgehead atoms. The summed E-state index contributed by atoms with van der Waals surface area (Å²) in [6, 6.07) is 12.1. The van der Waals surface area contributed by atoms with Gasteiger partial charge in [0.1, 0.15) is 11.5 Å². The molecular weight excluding hydrogens is 351 g/mol. The van der Waals surface area contributed by atoms with Crippen molar-refractivity contribution in [3.05, 3.63) is 54.1 Å². The van der Waals surface area contributed by atoms with Crippen molar-refractivity contribution in [2.75, 3.05) is 18.5 Å². The molecule has 0 aliphatic carbocycles. The second-order valence-electron chi connectivity index (χ2n) is 5.32. The summed E-state index contributed by atoms with van der Waals surface area (Å²) in [5.41, 5.74) is 0.539. The highest BCUT2D eigenvalue weighted by Crippen LogP contribution is 2.26. The van der Waals surface area contributed by atoms with Crippen molar-refractivity contribution in [1.82, 2.24) is 0 Å². The smallest absolute Gasteiger partial charge is 0.422 e. The maximum atomic E-state index is 12.3. The molecule has 1 amide bonds. The predicted molar refractivity (Wildman–Crippen MR) is 88.6 cm³/mol. The largest absolute Gasteiger partial charge is 0.484 e. The second kappa shape index (κ2) is 8.37. The van der Waals surface area contributed by atoms with Gasteiger partial charge in [-0.25, -0.2) is 0 Å². The number of halogens is 3. The van der Waals surface area contributed by atoms with E-state index in [1.54, 1.807) is 24.3 Å². The lowest BCUT2D eigenvalue weighted by atomic mass is 10.1. The third-order valence-corrected chi connectivity index (χ3v) is 3.16. The van der Waals surface area contributed by atoms with Crippen LogP contribution in [0, 0.1) is 0 Å². The van der Waals surface area contributed by atoms with Crippen LogP contribution in [-0.2, 0) is 4.79 Å². The second-order valence-corrected chi connectivity index (χ2v) is 5.32. The number of Topliss-reactive ketones (excluding diaryl/α,β-unsaturated/α-hetero) is 1. The fraction of sp³-hybridized carbons (Fsp3) is 0.222. The SMILES string of the molecule is CC(=O)c1cccc(OCC(=O)Nc2ccccc2OCC(F)(F)F)c1. The molecule has 0 unspecified atom stereocenters. The molecule has 2 aromatic rings. The van der Waals surface area contributed by atoms with Crippen LogP contribution in [0.2, 0.25) is 0 Å². The Morgan fingerprint density at radius 2 is 1.77 bits per heavy atom. The van der Waals surface area contributed by atoms with Gasteiger partial charge in [0, 0.05) is 5.56 Å². The molecule has 0 saturated heterocycles. The molecule has 1 N–H and O–H groups in total. The monoisotopic (exact) mass is 367 g/mol. The van der Waals surface area contributed by atoms with Gasteiger partial charge in [-0.1, -0.05) is 24.3 Å². The summed E-state index contributed by atoms with van der Waals surface area (Å²) in [5, 5.41) is 2.43. The molecule has 26 heavy (non-hydrogen) atoms. The summed E-state index contributed by atoms with van der Waals surface area (Å²) >= 11 is 0. The van der Waals surface area contributed by atoms with Crippen LogP contribution in [0.25, 0.3) is 0 Å². The molecule has 0 saturated carbocycles. The number of carbonyl (C=O) groups is 2. The molecule has 0 spiro atoms. The average Bonchev–Trinajstić information content (AvgIpc) is 2.59. The summed E-state index contributed by atoms with van der Waals surface area (Å²) in [6.45, 7) is -0.438. The average molecular weight is 367 g/mol. The van der Waals surface area contributed by atoms with E-state index >= 15 is 0 Å². The predicted octanol–water partition coefficient (Wildman–Crippen LogP) is 3.85. The number of ketones is 1. The van der Waals surface area contributed by atoms with Gasteiger partial charge in [-0.3, -0.25) is 9.59 Å². The Morgan fingerprint density at radius 3 is 2.46 bits per heavy atom. The van der Waals surface area contributed by atoms with Crippen LogP contribution in [0.1, 0.15) is 17.3 Å². The molecule has 8 heteroatoms. The summed E-state index contributed by atoms with van der Waals surface area (Å²) < 4.78 is 46.8. The van der Waals surface area contributed by atoms with E-state index in [1.165, 1.54) is 31.2 Å². The fourth-order valence-corrected chi connectivity index (χ4v) is 2.00. The van der Waals surface area contributed by atoms with E-state index in [1.807, 2.05) is 0 Å². The number of benzene rings is 2. The number of hydrogen-bond donors (Lipinski definition) is 1. The highest BCUT2D eigenvalue weighted by molar-refractivity contribution is 5.95. The Labute approximate surface area is 147 Å². The summed E-state index contributed by atoms with van der Waals surface area (Å²) in [7, 11) is 0. The van der Waals surface area contributed by atoms with Gasteiger partial charge in [-0.2, -0.15) is 13.2 Å². The molecule has 5 nitrogen and oxygen atoms in total. The first kappa shape index (κ1) is 19.3. The number of anilines is 1. The third kappa shape index (κ3) is 6.12. The molecule has 0 atom stereocenters. The van der Waals surface area contributed by atoms with Gasteiger partial charge in [-0.15, -0.1) is 0 Å². The highest BCUT2D eigenvalue weighted by Gasteiger charge is 2.28. The lowest BCUT2D eigenvalue weighted by molar-refractivity contribution is -0.153. The fourth-order valence-electron chi connectivity index (χ4n) is 2.00. The van der Waals surface area contributed by atoms with Crippen molar-refractivity contribution in [2.45, 2.75) is 13.1 Å². The zero-order chi connectivity index (χ0) is 19.2. The van der Waals surface area contributed by atoms with E-state index in [0.717, 1.165) is 0 Å². The first-order valence-electron chi connectivity index (χ1n) is 7.57. The Hall–Kier alpha value is -3.03. The Balaban J connectivity index is 1.96. The standard InChI is InChI=1S/C18H16F3NO4/c1-12(23)13-5-4-6-14(9-13)25-10-17(24)22-15-7-2-3-8-16(15)26-11-18(19,20)21/h2-9H,10-11H2,1H3,(H,22,24). The molecule has 0 aliphatic rings. The number of alkyl halides is 3. The molecule has 0 heterocycles. The number of rotatable bonds is 7. The lowest BCUT2D eigenvalue weighted by Gasteiger charge is -2.14. The van der Waals surface area contributed by atoms with Crippen molar-refractivity contribution >= 4 is 17.4 Å². The Morgan fingerprint density at radius 1 is 1.04 bits per heavy atom. The molecular formula is C18H16F3NO4. The maximum Gasteiger partial charge on any atom is 0.422 e. The number of nitrogens with one attached hydrogen (secondary N) is 1. The van der Waals surface area contributed by atoms with Gasteiger partial charge in [0.05, 0.1) is 5.69 Å². The van der Waals surface area contributed by atoms with Crippen molar-refractivity contribution in [3.63, 3.8) is 0 Å². The molecule has 2 rings (SSSR count). The molecule has 138 valence electrons. The van der Waals surface area contributed by atoms with Crippen molar-refractivity contribution < 1.29 is 32.2 Å². The van der Waals surface area contributed by atoms with Gasteiger partial charge >= 0.3 is 6.18 Å². The Kier molecular flexibility index (Phi) is 6.21. The quantitative estimate of drug-likeness (QED) is 0.755. The topological polar surface area (TPSA) is 64.6 Å². The van der Waals surface area contributed by atoms with Gasteiger partial charge in [-0.05, 0) is 31.2 Å². The van der Waals surface area contributed by atoms with E-state index < -0.39 is 18.7 Å². The molecule has 0 aliphatic heterocycles. The number of ether oxygens (including phenoxy) is 2. The van der Waals surface area contributed by atoms with Crippen LogP contribution in [-0.4, -0.2) is 31.1 Å². The van der Waals surface area contributed by atoms with Crippen molar-refractivity contribution in [2.24, 2.45) is 0 Å². The number of hydrogen-bond acceptors (Lipinski definition) is 4. The first-order valence-corrected chi connectivity index (χ1v) is 7.57. The lowest BCUT2D eigenvalue weighted by Crippen LogP contribution is -2.22. The zero-order valence-electron chi connectivity index (χ0n) is 13.8. The van der Waals surface area contributed by atoms with E-state index in [4.69, 9.17) is 4.74 Å². The zero-order valence-corrected chi connectivity index (χ0v) is 13.8. The summed E-state index contributed by atoms with van der Waals surface area (Å²) in [6.07, 6.45) is -4.48. The normalized spacial score (nSPS) is 10.9. The summed E-state index contributed by atoms with van der Waals surface area (Å²) in [5.74, 6) is -0.497. The first-order chi connectivity index (χ1) is 12.2. The minimum Gasteiger partial charge on any atom is -0.484 e. The van der Waals surface area contributed by atoms with Gasteiger partial charge in [0.2, 0.25) is 0 Å². The Bertz CT molecular complexity index is 790.